The predicted octanol–water partition coefficient (Wildman–Crippen LogP) is 1.44. The first kappa shape index (κ1) is 9.55. The van der Waals surface area contributed by atoms with Crippen molar-refractivity contribution in [2.45, 2.75) is 12.0 Å². The molecule has 1 aromatic rings. The third-order valence-corrected chi connectivity index (χ3v) is 2.37. The van der Waals surface area contributed by atoms with Gasteiger partial charge in [-0.05, 0) is 11.6 Å². The van der Waals surface area contributed by atoms with Crippen molar-refractivity contribution in [3.63, 3.8) is 0 Å². The number of ether oxygens (including phenoxy) is 1. The van der Waals surface area contributed by atoms with Crippen molar-refractivity contribution in [2.75, 3.05) is 13.2 Å². The maximum Gasteiger partial charge on any atom is 0.129 e. The molecule has 2 unspecified atom stereocenters. The molecule has 0 spiro atoms. The van der Waals surface area contributed by atoms with Crippen LogP contribution in [-0.2, 0) is 4.74 Å². The van der Waals surface area contributed by atoms with Crippen LogP contribution in [0, 0.1) is 11.6 Å². The van der Waals surface area contributed by atoms with Crippen LogP contribution in [0.25, 0.3) is 0 Å². The minimum absolute atomic E-state index is 0.125. The molecule has 1 saturated heterocycles. The van der Waals surface area contributed by atoms with Gasteiger partial charge < -0.3 is 9.84 Å². The summed E-state index contributed by atoms with van der Waals surface area (Å²) in [5.41, 5.74) is 0.316. The number of hydrogen-bond acceptors (Lipinski definition) is 2. The van der Waals surface area contributed by atoms with Gasteiger partial charge in [0.05, 0.1) is 19.3 Å². The van der Waals surface area contributed by atoms with Crippen molar-refractivity contribution >= 4 is 0 Å². The smallest absolute Gasteiger partial charge is 0.129 e. The Balaban J connectivity index is 2.29. The summed E-state index contributed by atoms with van der Waals surface area (Å²) in [6, 6.07) is 3.36. The van der Waals surface area contributed by atoms with Gasteiger partial charge in [-0.2, -0.15) is 0 Å². The lowest BCUT2D eigenvalue weighted by Gasteiger charge is -2.12. The maximum absolute atomic E-state index is 13.3. The van der Waals surface area contributed by atoms with E-state index < -0.39 is 11.6 Å². The Hall–Kier alpha value is -1.00. The average Bonchev–Trinajstić information content (AvgIpc) is 2.93. The molecule has 76 valence electrons. The van der Waals surface area contributed by atoms with Gasteiger partial charge in [-0.15, -0.1) is 0 Å². The molecule has 1 N–H and O–H groups in total. The topological polar surface area (TPSA) is 32.8 Å². The molecule has 2 atom stereocenters. The lowest BCUT2D eigenvalue weighted by Crippen LogP contribution is -2.12. The van der Waals surface area contributed by atoms with Gasteiger partial charge in [0.2, 0.25) is 0 Å². The van der Waals surface area contributed by atoms with Crippen LogP contribution >= 0.6 is 0 Å². The second-order valence-electron chi connectivity index (χ2n) is 3.33. The number of epoxide rings is 1. The second kappa shape index (κ2) is 3.63. The van der Waals surface area contributed by atoms with E-state index in [0.717, 1.165) is 6.07 Å². The van der Waals surface area contributed by atoms with E-state index in [1.54, 1.807) is 0 Å². The molecule has 0 aromatic heterocycles. The molecule has 4 heteroatoms. The van der Waals surface area contributed by atoms with Crippen LogP contribution < -0.4 is 0 Å². The van der Waals surface area contributed by atoms with Crippen LogP contribution in [0.1, 0.15) is 11.5 Å². The standard InChI is InChI=1S/C10H10F2O2/c11-6-1-2-7(9(12)3-6)8(4-13)10-5-14-10/h1-3,8,10,13H,4-5H2. The van der Waals surface area contributed by atoms with Crippen molar-refractivity contribution in [3.8, 4) is 0 Å². The number of benzene rings is 1. The van der Waals surface area contributed by atoms with E-state index in [9.17, 15) is 8.78 Å². The zero-order valence-electron chi connectivity index (χ0n) is 7.41. The summed E-state index contributed by atoms with van der Waals surface area (Å²) in [7, 11) is 0. The zero-order chi connectivity index (χ0) is 10.1. The third kappa shape index (κ3) is 1.76. The van der Waals surface area contributed by atoms with E-state index in [0.29, 0.717) is 12.2 Å². The van der Waals surface area contributed by atoms with Crippen molar-refractivity contribution in [2.24, 2.45) is 0 Å². The SMILES string of the molecule is OCC(c1ccc(F)cc1F)C1CO1. The number of rotatable bonds is 3. The number of aliphatic hydroxyl groups excluding tert-OH is 1. The normalized spacial score (nSPS) is 22.1. The summed E-state index contributed by atoms with van der Waals surface area (Å²) in [6.07, 6.45) is -0.125. The first-order chi connectivity index (χ1) is 6.72. The summed E-state index contributed by atoms with van der Waals surface area (Å²) in [5.74, 6) is -1.62. The van der Waals surface area contributed by atoms with Gasteiger partial charge in [0, 0.05) is 12.0 Å². The molecule has 1 aliphatic rings. The fraction of sp³-hybridized carbons (Fsp3) is 0.400. The Kier molecular flexibility index (Phi) is 2.48. The zero-order valence-corrected chi connectivity index (χ0v) is 7.41. The molecular weight excluding hydrogens is 190 g/mol. The summed E-state index contributed by atoms with van der Waals surface area (Å²) in [5, 5.41) is 9.04. The first-order valence-electron chi connectivity index (χ1n) is 4.40. The highest BCUT2D eigenvalue weighted by atomic mass is 19.1. The molecule has 2 nitrogen and oxygen atoms in total. The van der Waals surface area contributed by atoms with Crippen LogP contribution in [0.5, 0.6) is 0 Å². The summed E-state index contributed by atoms with van der Waals surface area (Å²) < 4.78 is 30.8. The highest BCUT2D eigenvalue weighted by Crippen LogP contribution is 2.31. The fourth-order valence-electron chi connectivity index (χ4n) is 1.51. The summed E-state index contributed by atoms with van der Waals surface area (Å²) >= 11 is 0. The lowest BCUT2D eigenvalue weighted by atomic mass is 9.96. The molecule has 1 heterocycles. The highest BCUT2D eigenvalue weighted by molar-refractivity contribution is 5.25. The average molecular weight is 200 g/mol. The molecule has 0 bridgehead atoms. The maximum atomic E-state index is 13.3. The minimum Gasteiger partial charge on any atom is -0.396 e. The quantitative estimate of drug-likeness (QED) is 0.749. The number of halogens is 2. The van der Waals surface area contributed by atoms with Gasteiger partial charge in [-0.25, -0.2) is 8.78 Å². The molecule has 0 saturated carbocycles. The van der Waals surface area contributed by atoms with Gasteiger partial charge in [0.1, 0.15) is 11.6 Å². The summed E-state index contributed by atoms with van der Waals surface area (Å²) in [4.78, 5) is 0. The molecule has 1 fully saturated rings. The van der Waals surface area contributed by atoms with Crippen LogP contribution in [0.4, 0.5) is 8.78 Å². The van der Waals surface area contributed by atoms with Gasteiger partial charge in [-0.1, -0.05) is 6.07 Å². The van der Waals surface area contributed by atoms with E-state index in [4.69, 9.17) is 9.84 Å². The lowest BCUT2D eigenvalue weighted by molar-refractivity contribution is 0.233. The van der Waals surface area contributed by atoms with Crippen LogP contribution in [-0.4, -0.2) is 24.4 Å². The van der Waals surface area contributed by atoms with E-state index in [1.807, 2.05) is 0 Å². The van der Waals surface area contributed by atoms with Gasteiger partial charge in [0.25, 0.3) is 0 Å². The van der Waals surface area contributed by atoms with E-state index in [-0.39, 0.29) is 18.6 Å². The second-order valence-corrected chi connectivity index (χ2v) is 3.33. The summed E-state index contributed by atoms with van der Waals surface area (Å²) in [6.45, 7) is 0.343. The number of aliphatic hydroxyl groups is 1. The number of hydrogen-bond donors (Lipinski definition) is 1. The first-order valence-corrected chi connectivity index (χ1v) is 4.40. The van der Waals surface area contributed by atoms with E-state index in [1.165, 1.54) is 12.1 Å². The Bertz CT molecular complexity index is 337. The molecule has 1 aliphatic heterocycles. The Morgan fingerprint density at radius 2 is 2.21 bits per heavy atom. The van der Waals surface area contributed by atoms with E-state index >= 15 is 0 Å². The molecule has 0 amide bonds. The monoisotopic (exact) mass is 200 g/mol. The molecule has 1 aromatic carbocycles. The third-order valence-electron chi connectivity index (χ3n) is 2.37. The molecule has 14 heavy (non-hydrogen) atoms. The predicted molar refractivity (Wildman–Crippen MR) is 45.9 cm³/mol. The molecule has 0 aliphatic carbocycles. The van der Waals surface area contributed by atoms with Gasteiger partial charge in [0.15, 0.2) is 0 Å². The van der Waals surface area contributed by atoms with Crippen LogP contribution in [0.2, 0.25) is 0 Å². The highest BCUT2D eigenvalue weighted by Gasteiger charge is 2.34. The van der Waals surface area contributed by atoms with Gasteiger partial charge in [-0.3, -0.25) is 0 Å². The van der Waals surface area contributed by atoms with Crippen molar-refractivity contribution < 1.29 is 18.6 Å². The van der Waals surface area contributed by atoms with Crippen molar-refractivity contribution in [1.29, 1.82) is 0 Å². The van der Waals surface area contributed by atoms with Crippen molar-refractivity contribution in [1.82, 2.24) is 0 Å². The van der Waals surface area contributed by atoms with Crippen LogP contribution in [0.15, 0.2) is 18.2 Å². The largest absolute Gasteiger partial charge is 0.396 e. The molecule has 0 radical (unpaired) electrons. The van der Waals surface area contributed by atoms with E-state index in [2.05, 4.69) is 0 Å². The molecule has 2 rings (SSSR count). The Labute approximate surface area is 80.1 Å². The Morgan fingerprint density at radius 3 is 2.71 bits per heavy atom. The van der Waals surface area contributed by atoms with Gasteiger partial charge >= 0.3 is 0 Å². The minimum atomic E-state index is -0.625. The van der Waals surface area contributed by atoms with Crippen molar-refractivity contribution in [3.05, 3.63) is 35.4 Å². The van der Waals surface area contributed by atoms with Crippen LogP contribution in [0.3, 0.4) is 0 Å². The molecular formula is C10H10F2O2. The Morgan fingerprint density at radius 1 is 1.50 bits per heavy atom. The fourth-order valence-corrected chi connectivity index (χ4v) is 1.51.